The molecule has 1 fully saturated rings. The van der Waals surface area contributed by atoms with Crippen LogP contribution in [-0.4, -0.2) is 34.8 Å². The van der Waals surface area contributed by atoms with Gasteiger partial charge in [-0.1, -0.05) is 6.08 Å². The van der Waals surface area contributed by atoms with Crippen molar-refractivity contribution < 1.29 is 9.59 Å². The summed E-state index contributed by atoms with van der Waals surface area (Å²) in [6.45, 7) is 4.85. The molecular weight excluding hydrogens is 346 g/mol. The second-order valence-corrected chi connectivity index (χ2v) is 6.27. The fourth-order valence-corrected chi connectivity index (χ4v) is 2.71. The predicted octanol–water partition coefficient (Wildman–Crippen LogP) is 2.99. The van der Waals surface area contributed by atoms with Crippen LogP contribution in [0.1, 0.15) is 25.7 Å². The molecule has 0 saturated carbocycles. The Bertz CT molecular complexity index is 545. The van der Waals surface area contributed by atoms with Crippen LogP contribution in [-0.2, 0) is 9.59 Å². The molecular formula is C16H20BrN3O2. The van der Waals surface area contributed by atoms with Crippen molar-refractivity contribution in [3.05, 3.63) is 35.5 Å². The summed E-state index contributed by atoms with van der Waals surface area (Å²) < 4.78 is 0.863. The summed E-state index contributed by atoms with van der Waals surface area (Å²) in [5.41, 5.74) is 0. The Morgan fingerprint density at radius 2 is 2.32 bits per heavy atom. The molecule has 0 radical (unpaired) electrons. The molecule has 2 amide bonds. The Hall–Kier alpha value is -1.69. The van der Waals surface area contributed by atoms with Gasteiger partial charge in [-0.2, -0.15) is 0 Å². The number of halogens is 1. The smallest absolute Gasteiger partial charge is 0.230 e. The van der Waals surface area contributed by atoms with Gasteiger partial charge in [-0.15, -0.1) is 6.58 Å². The Balaban J connectivity index is 1.90. The molecule has 2 heterocycles. The van der Waals surface area contributed by atoms with Gasteiger partial charge in [-0.3, -0.25) is 9.59 Å². The van der Waals surface area contributed by atoms with Crippen molar-refractivity contribution in [3.63, 3.8) is 0 Å². The highest BCUT2D eigenvalue weighted by Crippen LogP contribution is 2.19. The number of carbonyl (C=O) groups excluding carboxylic acids is 2. The summed E-state index contributed by atoms with van der Waals surface area (Å²) in [6.07, 6.45) is 6.17. The highest BCUT2D eigenvalue weighted by molar-refractivity contribution is 9.10. The van der Waals surface area contributed by atoms with Gasteiger partial charge >= 0.3 is 0 Å². The zero-order valence-corrected chi connectivity index (χ0v) is 14.0. The number of rotatable bonds is 5. The molecule has 0 aromatic carbocycles. The molecule has 6 heteroatoms. The first-order chi connectivity index (χ1) is 10.6. The molecule has 0 aliphatic carbocycles. The van der Waals surface area contributed by atoms with Gasteiger partial charge in [0.1, 0.15) is 5.82 Å². The maximum atomic E-state index is 12.3. The van der Waals surface area contributed by atoms with Crippen LogP contribution in [0.2, 0.25) is 0 Å². The van der Waals surface area contributed by atoms with E-state index in [1.165, 1.54) is 0 Å². The highest BCUT2D eigenvalue weighted by Gasteiger charge is 2.28. The Morgan fingerprint density at radius 1 is 1.50 bits per heavy atom. The number of amides is 2. The van der Waals surface area contributed by atoms with E-state index in [2.05, 4.69) is 32.8 Å². The first-order valence-corrected chi connectivity index (χ1v) is 8.20. The standard InChI is InChI=1S/C16H20BrN3O2/c1-2-3-6-15(21)20-9-4-5-12(11-20)16(22)19-14-8-7-13(17)10-18-14/h2,7-8,10,12H,1,3-6,9,11H2,(H,18,19,22). The SMILES string of the molecule is C=CCCC(=O)N1CCCC(C(=O)Nc2ccc(Br)cn2)C1. The van der Waals surface area contributed by atoms with Gasteiger partial charge < -0.3 is 10.2 Å². The second-order valence-electron chi connectivity index (χ2n) is 5.36. The fourth-order valence-electron chi connectivity index (χ4n) is 2.48. The molecule has 1 aromatic heterocycles. The minimum Gasteiger partial charge on any atom is -0.342 e. The van der Waals surface area contributed by atoms with Crippen molar-refractivity contribution >= 4 is 33.6 Å². The van der Waals surface area contributed by atoms with Crippen LogP contribution in [0.4, 0.5) is 5.82 Å². The van der Waals surface area contributed by atoms with E-state index in [4.69, 9.17) is 0 Å². The maximum Gasteiger partial charge on any atom is 0.230 e. The molecule has 0 spiro atoms. The van der Waals surface area contributed by atoms with E-state index in [9.17, 15) is 9.59 Å². The van der Waals surface area contributed by atoms with E-state index < -0.39 is 0 Å². The van der Waals surface area contributed by atoms with Gasteiger partial charge in [0.05, 0.1) is 5.92 Å². The van der Waals surface area contributed by atoms with Crippen molar-refractivity contribution in [2.24, 2.45) is 5.92 Å². The largest absolute Gasteiger partial charge is 0.342 e. The number of hydrogen-bond acceptors (Lipinski definition) is 3. The van der Waals surface area contributed by atoms with Crippen LogP contribution < -0.4 is 5.32 Å². The third-order valence-electron chi connectivity index (χ3n) is 3.69. The Kier molecular flexibility index (Phi) is 6.12. The van der Waals surface area contributed by atoms with Gasteiger partial charge in [0.15, 0.2) is 0 Å². The van der Waals surface area contributed by atoms with Crippen LogP contribution in [0.15, 0.2) is 35.5 Å². The minimum atomic E-state index is -0.174. The number of likely N-dealkylation sites (tertiary alicyclic amines) is 1. The van der Waals surface area contributed by atoms with Crippen molar-refractivity contribution in [2.75, 3.05) is 18.4 Å². The molecule has 1 atom stereocenters. The van der Waals surface area contributed by atoms with Crippen LogP contribution in [0.25, 0.3) is 0 Å². The van der Waals surface area contributed by atoms with E-state index in [1.54, 1.807) is 23.2 Å². The summed E-state index contributed by atoms with van der Waals surface area (Å²) in [5.74, 6) is 0.380. The quantitative estimate of drug-likeness (QED) is 0.815. The molecule has 1 aromatic rings. The Morgan fingerprint density at radius 3 is 3.00 bits per heavy atom. The zero-order chi connectivity index (χ0) is 15.9. The van der Waals surface area contributed by atoms with Crippen LogP contribution >= 0.6 is 15.9 Å². The van der Waals surface area contributed by atoms with Gasteiger partial charge in [0.2, 0.25) is 11.8 Å². The summed E-state index contributed by atoms with van der Waals surface area (Å²) >= 11 is 3.31. The van der Waals surface area contributed by atoms with Gasteiger partial charge in [-0.25, -0.2) is 4.98 Å². The number of nitrogens with zero attached hydrogens (tertiary/aromatic N) is 2. The first kappa shape index (κ1) is 16.7. The monoisotopic (exact) mass is 365 g/mol. The van der Waals surface area contributed by atoms with Crippen molar-refractivity contribution in [1.29, 1.82) is 0 Å². The number of carbonyl (C=O) groups is 2. The lowest BCUT2D eigenvalue weighted by atomic mass is 9.96. The van der Waals surface area contributed by atoms with Gasteiger partial charge in [0, 0.05) is 30.2 Å². The number of nitrogens with one attached hydrogen (secondary N) is 1. The highest BCUT2D eigenvalue weighted by atomic mass is 79.9. The molecule has 0 bridgehead atoms. The fraction of sp³-hybridized carbons (Fsp3) is 0.438. The minimum absolute atomic E-state index is 0.0731. The first-order valence-electron chi connectivity index (χ1n) is 7.41. The van der Waals surface area contributed by atoms with Crippen molar-refractivity contribution in [3.8, 4) is 0 Å². The molecule has 22 heavy (non-hydrogen) atoms. The van der Waals surface area contributed by atoms with Crippen LogP contribution in [0, 0.1) is 5.92 Å². The number of piperidine rings is 1. The summed E-state index contributed by atoms with van der Waals surface area (Å²) in [7, 11) is 0. The van der Waals surface area contributed by atoms with E-state index in [-0.39, 0.29) is 17.7 Å². The second kappa shape index (κ2) is 8.08. The van der Waals surface area contributed by atoms with Crippen LogP contribution in [0.3, 0.4) is 0 Å². The lowest BCUT2D eigenvalue weighted by Crippen LogP contribution is -2.43. The average Bonchev–Trinajstić information content (AvgIpc) is 2.54. The van der Waals surface area contributed by atoms with E-state index in [0.29, 0.717) is 25.2 Å². The average molecular weight is 366 g/mol. The third kappa shape index (κ3) is 4.66. The molecule has 2 rings (SSSR count). The summed E-state index contributed by atoms with van der Waals surface area (Å²) in [6, 6.07) is 3.58. The summed E-state index contributed by atoms with van der Waals surface area (Å²) in [4.78, 5) is 30.3. The summed E-state index contributed by atoms with van der Waals surface area (Å²) in [5, 5.41) is 2.82. The van der Waals surface area contributed by atoms with Crippen molar-refractivity contribution in [2.45, 2.75) is 25.7 Å². The molecule has 1 unspecified atom stereocenters. The van der Waals surface area contributed by atoms with Crippen LogP contribution in [0.5, 0.6) is 0 Å². The van der Waals surface area contributed by atoms with E-state index in [0.717, 1.165) is 23.9 Å². The van der Waals surface area contributed by atoms with Gasteiger partial charge in [0.25, 0.3) is 0 Å². The topological polar surface area (TPSA) is 62.3 Å². The number of aromatic nitrogens is 1. The third-order valence-corrected chi connectivity index (χ3v) is 4.15. The van der Waals surface area contributed by atoms with Gasteiger partial charge in [-0.05, 0) is 47.3 Å². The predicted molar refractivity (Wildman–Crippen MR) is 89.3 cm³/mol. The molecule has 1 saturated heterocycles. The van der Waals surface area contributed by atoms with E-state index >= 15 is 0 Å². The van der Waals surface area contributed by atoms with Crippen molar-refractivity contribution in [1.82, 2.24) is 9.88 Å². The number of hydrogen-bond donors (Lipinski definition) is 1. The molecule has 1 aliphatic rings. The lowest BCUT2D eigenvalue weighted by Gasteiger charge is -2.32. The zero-order valence-electron chi connectivity index (χ0n) is 12.4. The lowest BCUT2D eigenvalue weighted by molar-refractivity contribution is -0.134. The number of anilines is 1. The Labute approximate surface area is 138 Å². The molecule has 1 aliphatic heterocycles. The molecule has 1 N–H and O–H groups in total. The van der Waals surface area contributed by atoms with E-state index in [1.807, 2.05) is 6.07 Å². The molecule has 5 nitrogen and oxygen atoms in total. The number of pyridine rings is 1. The normalized spacial score (nSPS) is 17.9. The maximum absolute atomic E-state index is 12.3. The molecule has 118 valence electrons. The number of allylic oxidation sites excluding steroid dienone is 1.